The number of nitrogens with two attached hydrogens (primary N) is 1. The van der Waals surface area contributed by atoms with Crippen LogP contribution in [0.2, 0.25) is 0 Å². The fraction of sp³-hybridized carbons (Fsp3) is 0.364. The van der Waals surface area contributed by atoms with E-state index in [4.69, 9.17) is 5.73 Å². The van der Waals surface area contributed by atoms with E-state index < -0.39 is 0 Å². The highest BCUT2D eigenvalue weighted by atomic mass is 15.3. The molecule has 17 heavy (non-hydrogen) atoms. The van der Waals surface area contributed by atoms with Gasteiger partial charge in [-0.1, -0.05) is 6.92 Å². The van der Waals surface area contributed by atoms with Crippen LogP contribution in [0.1, 0.15) is 12.5 Å². The van der Waals surface area contributed by atoms with E-state index in [-0.39, 0.29) is 0 Å². The average Bonchev–Trinajstić information content (AvgIpc) is 2.82. The van der Waals surface area contributed by atoms with Crippen molar-refractivity contribution < 1.29 is 0 Å². The van der Waals surface area contributed by atoms with Gasteiger partial charge in [-0.3, -0.25) is 4.68 Å². The van der Waals surface area contributed by atoms with Gasteiger partial charge >= 0.3 is 0 Å². The maximum Gasteiger partial charge on any atom is 0.134 e. The van der Waals surface area contributed by atoms with Gasteiger partial charge in [-0.2, -0.15) is 5.10 Å². The van der Waals surface area contributed by atoms with E-state index in [1.54, 1.807) is 6.20 Å². The molecule has 0 spiro atoms. The van der Waals surface area contributed by atoms with Crippen LogP contribution < -0.4 is 11.1 Å². The molecule has 0 aliphatic heterocycles. The summed E-state index contributed by atoms with van der Waals surface area (Å²) in [6.45, 7) is 3.58. The second-order valence-corrected chi connectivity index (χ2v) is 3.64. The maximum atomic E-state index is 5.79. The molecule has 2 aromatic rings. The fourth-order valence-corrected chi connectivity index (χ4v) is 1.65. The minimum atomic E-state index is 0.545. The number of rotatable bonds is 5. The summed E-state index contributed by atoms with van der Waals surface area (Å²) in [4.78, 5) is 8.18. The van der Waals surface area contributed by atoms with Gasteiger partial charge in [-0.15, -0.1) is 0 Å². The number of aromatic nitrogens is 4. The summed E-state index contributed by atoms with van der Waals surface area (Å²) < 4.78 is 1.86. The first-order chi connectivity index (χ1) is 8.31. The standard InChI is InChI=1S/C11H16N6/c1-2-9-10(12)14-8-15-11(9)13-5-7-17-6-3-4-16-17/h3-4,6,8H,2,5,7H2,1H3,(H3,12,13,14,15). The van der Waals surface area contributed by atoms with Crippen LogP contribution in [-0.4, -0.2) is 26.3 Å². The molecule has 2 rings (SSSR count). The van der Waals surface area contributed by atoms with Crippen LogP contribution in [0.15, 0.2) is 24.8 Å². The smallest absolute Gasteiger partial charge is 0.134 e. The Hall–Kier alpha value is -2.11. The lowest BCUT2D eigenvalue weighted by molar-refractivity contribution is 0.636. The largest absolute Gasteiger partial charge is 0.383 e. The summed E-state index contributed by atoms with van der Waals surface area (Å²) in [5.41, 5.74) is 6.76. The molecule has 2 aromatic heterocycles. The molecule has 0 fully saturated rings. The Balaban J connectivity index is 1.97. The molecule has 0 aliphatic carbocycles. The van der Waals surface area contributed by atoms with Gasteiger partial charge in [0.15, 0.2) is 0 Å². The maximum absolute atomic E-state index is 5.79. The molecular weight excluding hydrogens is 216 g/mol. The summed E-state index contributed by atoms with van der Waals surface area (Å²) in [7, 11) is 0. The lowest BCUT2D eigenvalue weighted by atomic mass is 10.2. The summed E-state index contributed by atoms with van der Waals surface area (Å²) in [6.07, 6.45) is 5.98. The Bertz CT molecular complexity index is 465. The van der Waals surface area contributed by atoms with Gasteiger partial charge in [0.05, 0.1) is 6.54 Å². The molecular formula is C11H16N6. The third kappa shape index (κ3) is 2.72. The number of hydrogen-bond donors (Lipinski definition) is 2. The lowest BCUT2D eigenvalue weighted by Crippen LogP contribution is -2.14. The van der Waals surface area contributed by atoms with E-state index in [9.17, 15) is 0 Å². The van der Waals surface area contributed by atoms with Crippen LogP contribution in [0.3, 0.4) is 0 Å². The molecule has 0 amide bonds. The Morgan fingerprint density at radius 1 is 1.41 bits per heavy atom. The number of hydrogen-bond acceptors (Lipinski definition) is 5. The van der Waals surface area contributed by atoms with Crippen molar-refractivity contribution in [3.63, 3.8) is 0 Å². The normalized spacial score (nSPS) is 10.4. The second-order valence-electron chi connectivity index (χ2n) is 3.64. The van der Waals surface area contributed by atoms with Gasteiger partial charge < -0.3 is 11.1 Å². The molecule has 0 saturated heterocycles. The zero-order chi connectivity index (χ0) is 12.1. The van der Waals surface area contributed by atoms with Crippen molar-refractivity contribution in [2.24, 2.45) is 0 Å². The van der Waals surface area contributed by atoms with Gasteiger partial charge in [0, 0.05) is 24.5 Å². The number of nitrogens with zero attached hydrogens (tertiary/aromatic N) is 4. The third-order valence-corrected chi connectivity index (χ3v) is 2.52. The van der Waals surface area contributed by atoms with Crippen molar-refractivity contribution in [1.29, 1.82) is 0 Å². The lowest BCUT2D eigenvalue weighted by Gasteiger charge is -2.10. The number of nitrogens with one attached hydrogen (secondary N) is 1. The summed E-state index contributed by atoms with van der Waals surface area (Å²) in [6, 6.07) is 1.90. The van der Waals surface area contributed by atoms with Crippen LogP contribution in [0.5, 0.6) is 0 Å². The Morgan fingerprint density at radius 3 is 3.00 bits per heavy atom. The zero-order valence-electron chi connectivity index (χ0n) is 9.80. The van der Waals surface area contributed by atoms with Crippen LogP contribution in [0.4, 0.5) is 11.6 Å². The summed E-state index contributed by atoms with van der Waals surface area (Å²) >= 11 is 0. The average molecular weight is 232 g/mol. The van der Waals surface area contributed by atoms with Crippen LogP contribution in [0.25, 0.3) is 0 Å². The predicted octanol–water partition coefficient (Wildman–Crippen LogP) is 0.930. The topological polar surface area (TPSA) is 81.6 Å². The first-order valence-electron chi connectivity index (χ1n) is 5.62. The van der Waals surface area contributed by atoms with E-state index in [1.165, 1.54) is 6.33 Å². The van der Waals surface area contributed by atoms with Crippen LogP contribution in [0, 0.1) is 0 Å². The van der Waals surface area contributed by atoms with Crippen LogP contribution >= 0.6 is 0 Å². The monoisotopic (exact) mass is 232 g/mol. The van der Waals surface area contributed by atoms with Crippen molar-refractivity contribution in [2.45, 2.75) is 19.9 Å². The third-order valence-electron chi connectivity index (χ3n) is 2.52. The SMILES string of the molecule is CCc1c(N)ncnc1NCCn1cccn1. The highest BCUT2D eigenvalue weighted by molar-refractivity contribution is 5.54. The Kier molecular flexibility index (Phi) is 3.54. The van der Waals surface area contributed by atoms with Gasteiger partial charge in [0.25, 0.3) is 0 Å². The van der Waals surface area contributed by atoms with Crippen molar-refractivity contribution in [3.05, 3.63) is 30.4 Å². The number of nitrogen functional groups attached to an aromatic ring is 1. The molecule has 6 nitrogen and oxygen atoms in total. The zero-order valence-corrected chi connectivity index (χ0v) is 9.80. The molecule has 0 aromatic carbocycles. The summed E-state index contributed by atoms with van der Waals surface area (Å²) in [5, 5.41) is 7.38. The van der Waals surface area contributed by atoms with E-state index in [0.29, 0.717) is 5.82 Å². The minimum Gasteiger partial charge on any atom is -0.383 e. The van der Waals surface area contributed by atoms with Crippen LogP contribution in [-0.2, 0) is 13.0 Å². The van der Waals surface area contributed by atoms with Crippen molar-refractivity contribution in [2.75, 3.05) is 17.6 Å². The van der Waals surface area contributed by atoms with Crippen molar-refractivity contribution in [1.82, 2.24) is 19.7 Å². The Morgan fingerprint density at radius 2 is 2.29 bits per heavy atom. The van der Waals surface area contributed by atoms with Gasteiger partial charge in [0.2, 0.25) is 0 Å². The summed E-state index contributed by atoms with van der Waals surface area (Å²) in [5.74, 6) is 1.36. The molecule has 0 atom stereocenters. The van der Waals surface area contributed by atoms with Crippen molar-refractivity contribution >= 4 is 11.6 Å². The molecule has 0 aliphatic rings. The molecule has 0 unspecified atom stereocenters. The Labute approximate surface area is 99.9 Å². The quantitative estimate of drug-likeness (QED) is 0.801. The van der Waals surface area contributed by atoms with Crippen molar-refractivity contribution in [3.8, 4) is 0 Å². The molecule has 2 heterocycles. The highest BCUT2D eigenvalue weighted by Gasteiger charge is 2.06. The molecule has 0 saturated carbocycles. The molecule has 0 radical (unpaired) electrons. The van der Waals surface area contributed by atoms with Gasteiger partial charge in [-0.25, -0.2) is 9.97 Å². The molecule has 90 valence electrons. The van der Waals surface area contributed by atoms with E-state index in [1.807, 2.05) is 23.9 Å². The van der Waals surface area contributed by atoms with E-state index in [2.05, 4.69) is 20.4 Å². The minimum absolute atomic E-state index is 0.545. The fourth-order valence-electron chi connectivity index (χ4n) is 1.65. The van der Waals surface area contributed by atoms with E-state index in [0.717, 1.165) is 30.9 Å². The van der Waals surface area contributed by atoms with Gasteiger partial charge in [-0.05, 0) is 12.5 Å². The number of anilines is 2. The molecule has 6 heteroatoms. The highest BCUT2D eigenvalue weighted by Crippen LogP contribution is 2.16. The molecule has 0 bridgehead atoms. The van der Waals surface area contributed by atoms with Gasteiger partial charge in [0.1, 0.15) is 18.0 Å². The first kappa shape index (κ1) is 11.4. The second kappa shape index (κ2) is 5.29. The molecule has 3 N–H and O–H groups in total. The van der Waals surface area contributed by atoms with E-state index >= 15 is 0 Å². The predicted molar refractivity (Wildman–Crippen MR) is 66.5 cm³/mol. The first-order valence-corrected chi connectivity index (χ1v) is 5.62.